The second-order valence-corrected chi connectivity index (χ2v) is 11.8. The van der Waals surface area contributed by atoms with Gasteiger partial charge in [0.2, 0.25) is 11.9 Å². The molecule has 13 heteroatoms. The second kappa shape index (κ2) is 13.8. The molecule has 1 fully saturated rings. The first-order chi connectivity index (χ1) is 18.8. The molecular formula is C27H35ClN6O5S. The van der Waals surface area contributed by atoms with Gasteiger partial charge < -0.3 is 14.4 Å². The summed E-state index contributed by atoms with van der Waals surface area (Å²) >= 11 is 6.63. The van der Waals surface area contributed by atoms with Crippen LogP contribution in [0.1, 0.15) is 41.4 Å². The zero-order chi connectivity index (χ0) is 29.4. The molecule has 2 N–H and O–H groups in total. The number of benzene rings is 1. The number of amides is 2. The van der Waals surface area contributed by atoms with Crippen molar-refractivity contribution in [3.05, 3.63) is 65.0 Å². The van der Waals surface area contributed by atoms with Crippen molar-refractivity contribution in [3.63, 3.8) is 0 Å². The Kier molecular flexibility index (Phi) is 10.8. The van der Waals surface area contributed by atoms with Crippen LogP contribution in [0.4, 0.5) is 5.95 Å². The quantitative estimate of drug-likeness (QED) is 0.326. The number of para-hydroxylation sites is 1. The van der Waals surface area contributed by atoms with Crippen molar-refractivity contribution in [2.24, 2.45) is 0 Å². The summed E-state index contributed by atoms with van der Waals surface area (Å²) in [5.41, 5.74) is 2.73. The van der Waals surface area contributed by atoms with Crippen LogP contribution in [0.3, 0.4) is 0 Å². The highest BCUT2D eigenvalue weighted by Crippen LogP contribution is 2.34. The molecule has 1 aliphatic rings. The molecule has 1 unspecified atom stereocenters. The van der Waals surface area contributed by atoms with E-state index in [2.05, 4.69) is 10.3 Å². The molecule has 3 heterocycles. The Morgan fingerprint density at radius 1 is 1.25 bits per heavy atom. The molecule has 216 valence electrons. The van der Waals surface area contributed by atoms with E-state index in [-0.39, 0.29) is 17.9 Å². The van der Waals surface area contributed by atoms with Gasteiger partial charge in [-0.1, -0.05) is 23.7 Å². The summed E-state index contributed by atoms with van der Waals surface area (Å²) in [6, 6.07) is 8.88. The van der Waals surface area contributed by atoms with Gasteiger partial charge in [0.1, 0.15) is 0 Å². The zero-order valence-corrected chi connectivity index (χ0v) is 24.6. The monoisotopic (exact) mass is 590 g/mol. The van der Waals surface area contributed by atoms with E-state index in [0.29, 0.717) is 47.9 Å². The number of anilines is 1. The molecule has 1 aromatic carbocycles. The van der Waals surface area contributed by atoms with Crippen molar-refractivity contribution in [3.8, 4) is 0 Å². The molecule has 1 atom stereocenters. The number of imidazole rings is 1. The third kappa shape index (κ3) is 9.12. The van der Waals surface area contributed by atoms with E-state index in [1.54, 1.807) is 24.4 Å². The van der Waals surface area contributed by atoms with Crippen LogP contribution in [0.5, 0.6) is 0 Å². The summed E-state index contributed by atoms with van der Waals surface area (Å²) in [5, 5.41) is 3.54. The summed E-state index contributed by atoms with van der Waals surface area (Å²) in [6.45, 7) is 3.75. The van der Waals surface area contributed by atoms with Gasteiger partial charge in [-0.15, -0.1) is 0 Å². The number of aromatic nitrogens is 3. The van der Waals surface area contributed by atoms with E-state index >= 15 is 0 Å². The zero-order valence-electron chi connectivity index (χ0n) is 23.0. The molecule has 2 amide bonds. The van der Waals surface area contributed by atoms with E-state index in [1.807, 2.05) is 59.7 Å². The topological polar surface area (TPSA) is 138 Å². The van der Waals surface area contributed by atoms with Gasteiger partial charge in [0, 0.05) is 43.2 Å². The lowest BCUT2D eigenvalue weighted by atomic mass is 10.1. The normalized spacial score (nSPS) is 16.1. The van der Waals surface area contributed by atoms with Gasteiger partial charge in [-0.3, -0.25) is 24.4 Å². The summed E-state index contributed by atoms with van der Waals surface area (Å²) in [5.74, 6) is 0.151. The summed E-state index contributed by atoms with van der Waals surface area (Å²) in [6.07, 6.45) is 8.58. The van der Waals surface area contributed by atoms with Crippen molar-refractivity contribution in [1.82, 2.24) is 24.3 Å². The van der Waals surface area contributed by atoms with Gasteiger partial charge in [0.15, 0.2) is 0 Å². The van der Waals surface area contributed by atoms with Crippen molar-refractivity contribution in [1.29, 1.82) is 0 Å². The predicted molar refractivity (Wildman–Crippen MR) is 156 cm³/mol. The van der Waals surface area contributed by atoms with Crippen LogP contribution in [-0.2, 0) is 14.9 Å². The van der Waals surface area contributed by atoms with Crippen LogP contribution in [0.25, 0.3) is 11.0 Å². The van der Waals surface area contributed by atoms with Gasteiger partial charge in [-0.25, -0.2) is 4.98 Å². The van der Waals surface area contributed by atoms with Crippen LogP contribution >= 0.6 is 11.6 Å². The van der Waals surface area contributed by atoms with Crippen LogP contribution in [-0.4, -0.2) is 89.1 Å². The van der Waals surface area contributed by atoms with Crippen molar-refractivity contribution >= 4 is 50.5 Å². The summed E-state index contributed by atoms with van der Waals surface area (Å²) in [7, 11) is 0.265. The smallest absolute Gasteiger partial charge is 0.261 e. The number of hydrogen-bond acceptors (Lipinski definition) is 7. The van der Waals surface area contributed by atoms with Crippen LogP contribution in [0.15, 0.2) is 48.7 Å². The van der Waals surface area contributed by atoms with Crippen molar-refractivity contribution in [2.75, 3.05) is 45.3 Å². The minimum atomic E-state index is -3.67. The molecule has 0 spiro atoms. The molecule has 3 aromatic rings. The third-order valence-corrected chi connectivity index (χ3v) is 6.40. The van der Waals surface area contributed by atoms with E-state index in [0.717, 1.165) is 30.5 Å². The van der Waals surface area contributed by atoms with Gasteiger partial charge in [-0.2, -0.15) is 8.42 Å². The summed E-state index contributed by atoms with van der Waals surface area (Å²) in [4.78, 5) is 38.8. The third-order valence-electron chi connectivity index (χ3n) is 6.10. The van der Waals surface area contributed by atoms with Crippen LogP contribution in [0, 0.1) is 6.92 Å². The van der Waals surface area contributed by atoms with Gasteiger partial charge in [-0.05, 0) is 64.5 Å². The highest BCUT2D eigenvalue weighted by Gasteiger charge is 2.27. The number of carbonyl (C=O) groups is 2. The number of carbonyl (C=O) groups excluding carboxylic acids is 2. The van der Waals surface area contributed by atoms with Gasteiger partial charge >= 0.3 is 0 Å². The lowest BCUT2D eigenvalue weighted by Crippen LogP contribution is -2.34. The maximum absolute atomic E-state index is 13.1. The minimum Gasteiger partial charge on any atom is -0.337 e. The largest absolute Gasteiger partial charge is 0.337 e. The van der Waals surface area contributed by atoms with Crippen molar-refractivity contribution in [2.45, 2.75) is 32.2 Å². The van der Waals surface area contributed by atoms with E-state index in [4.69, 9.17) is 21.1 Å². The molecule has 1 aliphatic heterocycles. The average molecular weight is 591 g/mol. The predicted octanol–water partition coefficient (Wildman–Crippen LogP) is 3.82. The number of hydrogen-bond donors (Lipinski definition) is 2. The highest BCUT2D eigenvalue weighted by molar-refractivity contribution is 7.85. The first-order valence-electron chi connectivity index (χ1n) is 12.8. The van der Waals surface area contributed by atoms with Gasteiger partial charge in [0.05, 0.1) is 28.4 Å². The number of fused-ring (bicyclic) bond motifs is 1. The van der Waals surface area contributed by atoms with E-state index in [9.17, 15) is 18.0 Å². The number of rotatable bonds is 6. The highest BCUT2D eigenvalue weighted by atomic mass is 35.5. The fourth-order valence-electron chi connectivity index (χ4n) is 4.41. The van der Waals surface area contributed by atoms with Crippen LogP contribution < -0.4 is 5.32 Å². The van der Waals surface area contributed by atoms with Crippen molar-refractivity contribution < 1.29 is 22.6 Å². The number of likely N-dealkylation sites (tertiary alicyclic amines) is 1. The molecule has 11 nitrogen and oxygen atoms in total. The lowest BCUT2D eigenvalue weighted by Gasteiger charge is -2.26. The van der Waals surface area contributed by atoms with E-state index in [1.165, 1.54) is 0 Å². The van der Waals surface area contributed by atoms with Crippen LogP contribution in [0.2, 0.25) is 5.02 Å². The Bertz CT molecular complexity index is 1480. The molecule has 0 radical (unpaired) electrons. The first-order valence-corrected chi connectivity index (χ1v) is 15.0. The molecule has 4 rings (SSSR count). The maximum atomic E-state index is 13.1. The fraction of sp³-hybridized carbons (Fsp3) is 0.407. The number of nitrogens with zero attached hydrogens (tertiary/aromatic N) is 5. The Balaban J connectivity index is 0.000000810. The number of pyridine rings is 1. The second-order valence-electron chi connectivity index (χ2n) is 9.88. The standard InChI is InChI=1S/C26H31ClN6O2.CH4O3S/c1-18-16-19(12-13-28-18)25(35)30-26-29-22-10-6-9-21(27)24(22)33(26)20-8-4-5-15-32(17-20)23(34)11-7-14-31(2)3;1-5(2,3)4/h6-7,9-13,16,20H,4-5,8,14-15,17H2,1-3H3,(H,29,30,35);1H3,(H,2,3,4). The molecule has 1 saturated heterocycles. The molecule has 0 aliphatic carbocycles. The number of nitrogens with one attached hydrogen (secondary N) is 1. The average Bonchev–Trinajstić information content (AvgIpc) is 3.04. The minimum absolute atomic E-state index is 0.00730. The summed E-state index contributed by atoms with van der Waals surface area (Å²) < 4.78 is 27.9. The molecule has 2 aromatic heterocycles. The lowest BCUT2D eigenvalue weighted by molar-refractivity contribution is -0.126. The Morgan fingerprint density at radius 2 is 1.98 bits per heavy atom. The van der Waals surface area contributed by atoms with Gasteiger partial charge in [0.25, 0.3) is 16.0 Å². The Labute approximate surface area is 239 Å². The molecule has 40 heavy (non-hydrogen) atoms. The number of halogens is 1. The first kappa shape index (κ1) is 31.2. The number of likely N-dealkylation sites (N-methyl/N-ethyl adjacent to an activating group) is 1. The number of aryl methyl sites for hydroxylation is 1. The maximum Gasteiger partial charge on any atom is 0.261 e. The Morgan fingerprint density at radius 3 is 2.65 bits per heavy atom. The molecule has 0 saturated carbocycles. The fourth-order valence-corrected chi connectivity index (χ4v) is 4.67. The Hall–Kier alpha value is -3.32. The SMILES string of the molecule is CS(=O)(=O)O.Cc1cc(C(=O)Nc2nc3cccc(Cl)c3n2C2CCCCN(C(=O)C=CCN(C)C)C2)ccn1. The molecule has 0 bridgehead atoms. The molecular weight excluding hydrogens is 556 g/mol. The van der Waals surface area contributed by atoms with E-state index < -0.39 is 10.1 Å².